The number of aromatic nitrogens is 1. The van der Waals surface area contributed by atoms with Gasteiger partial charge in [-0.15, -0.1) is 0 Å². The van der Waals surface area contributed by atoms with E-state index in [1.165, 1.54) is 6.08 Å². The number of aromatic hydroxyl groups is 1. The monoisotopic (exact) mass is 374 g/mol. The lowest BCUT2D eigenvalue weighted by Gasteiger charge is -2.09. The van der Waals surface area contributed by atoms with Gasteiger partial charge in [0.2, 0.25) is 0 Å². The Balaban J connectivity index is 1.80. The fourth-order valence-electron chi connectivity index (χ4n) is 3.70. The van der Waals surface area contributed by atoms with Crippen molar-refractivity contribution in [1.82, 2.24) is 4.57 Å². The summed E-state index contributed by atoms with van der Waals surface area (Å²) >= 11 is 0. The molecule has 0 spiro atoms. The highest BCUT2D eigenvalue weighted by atomic mass is 16.5. The van der Waals surface area contributed by atoms with Crippen LogP contribution in [0.5, 0.6) is 5.75 Å². The predicted octanol–water partition coefficient (Wildman–Crippen LogP) is 2.43. The van der Waals surface area contributed by atoms with E-state index in [4.69, 9.17) is 4.74 Å². The number of hydrogen-bond donors (Lipinski definition) is 1. The number of fused-ring (bicyclic) bond motifs is 1. The summed E-state index contributed by atoms with van der Waals surface area (Å²) in [5, 5.41) is 11.3. The molecule has 3 aromatic rings. The zero-order chi connectivity index (χ0) is 19.5. The largest absolute Gasteiger partial charge is 0.505 e. The van der Waals surface area contributed by atoms with Gasteiger partial charge in [0.25, 0.3) is 0 Å². The molecule has 1 aliphatic rings. The molecule has 0 aliphatic carbocycles. The molecule has 5 heteroatoms. The summed E-state index contributed by atoms with van der Waals surface area (Å²) in [5.74, 6) is -0.351. The molecule has 0 saturated heterocycles. The molecule has 0 saturated carbocycles. The lowest BCUT2D eigenvalue weighted by Crippen LogP contribution is -2.25. The summed E-state index contributed by atoms with van der Waals surface area (Å²) in [5.41, 5.74) is 4.84. The molecule has 0 fully saturated rings. The van der Waals surface area contributed by atoms with Gasteiger partial charge in [0.1, 0.15) is 11.2 Å². The molecule has 1 aliphatic heterocycles. The van der Waals surface area contributed by atoms with E-state index in [-0.39, 0.29) is 5.75 Å². The zero-order valence-electron chi connectivity index (χ0n) is 15.8. The van der Waals surface area contributed by atoms with Crippen LogP contribution in [0.4, 0.5) is 0 Å². The van der Waals surface area contributed by atoms with Crippen molar-refractivity contribution in [3.05, 3.63) is 76.6 Å². The average Bonchev–Trinajstić information content (AvgIpc) is 3.28. The van der Waals surface area contributed by atoms with Crippen molar-refractivity contribution < 1.29 is 14.6 Å². The zero-order valence-corrected chi connectivity index (χ0v) is 15.8. The molecule has 4 rings (SSSR count). The van der Waals surface area contributed by atoms with E-state index in [2.05, 4.69) is 29.3 Å². The van der Waals surface area contributed by atoms with Gasteiger partial charge in [-0.25, -0.2) is 4.79 Å². The third-order valence-electron chi connectivity index (χ3n) is 4.94. The quantitative estimate of drug-likeness (QED) is 0.698. The van der Waals surface area contributed by atoms with Crippen molar-refractivity contribution in [2.45, 2.75) is 19.9 Å². The third kappa shape index (κ3) is 3.31. The van der Waals surface area contributed by atoms with Gasteiger partial charge in [0.15, 0.2) is 0 Å². The number of carbonyl (C=O) groups is 1. The van der Waals surface area contributed by atoms with Crippen LogP contribution in [0.3, 0.4) is 0 Å². The van der Waals surface area contributed by atoms with Crippen molar-refractivity contribution in [2.75, 3.05) is 13.2 Å². The Morgan fingerprint density at radius 1 is 1.18 bits per heavy atom. The molecule has 0 amide bonds. The Hall–Kier alpha value is -3.34. The fraction of sp³-hybridized carbons (Fsp3) is 0.217. The van der Waals surface area contributed by atoms with E-state index in [1.54, 1.807) is 6.92 Å². The number of hydrogen-bond acceptors (Lipinski definition) is 4. The lowest BCUT2D eigenvalue weighted by atomic mass is 9.95. The van der Waals surface area contributed by atoms with Crippen LogP contribution in [-0.4, -0.2) is 28.8 Å². The molecule has 2 aromatic carbocycles. The second-order valence-corrected chi connectivity index (χ2v) is 6.67. The van der Waals surface area contributed by atoms with E-state index in [0.717, 1.165) is 27.7 Å². The van der Waals surface area contributed by atoms with E-state index in [0.29, 0.717) is 31.5 Å². The topological polar surface area (TPSA) is 63.8 Å². The van der Waals surface area contributed by atoms with E-state index in [9.17, 15) is 9.90 Å². The summed E-state index contributed by atoms with van der Waals surface area (Å²) in [7, 11) is 0. The van der Waals surface area contributed by atoms with Gasteiger partial charge in [-0.05, 0) is 23.6 Å². The van der Waals surface area contributed by atoms with Crippen molar-refractivity contribution in [1.29, 1.82) is 0 Å². The van der Waals surface area contributed by atoms with Gasteiger partial charge in [-0.2, -0.15) is 0 Å². The average molecular weight is 374 g/mol. The van der Waals surface area contributed by atoms with Crippen LogP contribution < -0.4 is 10.8 Å². The maximum atomic E-state index is 11.9. The summed E-state index contributed by atoms with van der Waals surface area (Å²) in [6.07, 6.45) is 1.89. The standard InChI is InChI=1S/C23H22N2O3/c1-2-28-21(26)15-20-22(27)19(23-24-12-13-25(20)23)14-17-10-6-7-11-18(17)16-8-4-3-5-9-16/h3-11,15,27H,2,12-14H2,1H3/b20-15-. The minimum atomic E-state index is -0.457. The van der Waals surface area contributed by atoms with Crippen LogP contribution in [0.1, 0.15) is 18.1 Å². The molecule has 0 bridgehead atoms. The smallest absolute Gasteiger partial charge is 0.332 e. The highest BCUT2D eigenvalue weighted by molar-refractivity contribution is 6.00. The Morgan fingerprint density at radius 2 is 1.93 bits per heavy atom. The first kappa shape index (κ1) is 18.0. The first-order chi connectivity index (χ1) is 13.7. The number of carbonyl (C=O) groups excluding carboxylic acids is 1. The molecule has 0 atom stereocenters. The van der Waals surface area contributed by atoms with Crippen LogP contribution in [-0.2, 0) is 22.5 Å². The van der Waals surface area contributed by atoms with E-state index < -0.39 is 5.97 Å². The molecule has 0 radical (unpaired) electrons. The first-order valence-corrected chi connectivity index (χ1v) is 9.45. The van der Waals surface area contributed by atoms with Gasteiger partial charge in [-0.3, -0.25) is 4.99 Å². The van der Waals surface area contributed by atoms with Crippen molar-refractivity contribution in [2.24, 2.45) is 4.99 Å². The SMILES string of the molecule is CCOC(=O)/C=c1/c(O)c(Cc2ccccc2-c2ccccc2)c2n1CCN=2. The van der Waals surface area contributed by atoms with Gasteiger partial charge in [0, 0.05) is 18.5 Å². The number of rotatable bonds is 5. The second kappa shape index (κ2) is 7.72. The minimum Gasteiger partial charge on any atom is -0.505 e. The number of esters is 1. The summed E-state index contributed by atoms with van der Waals surface area (Å²) < 4.78 is 6.91. The van der Waals surface area contributed by atoms with Crippen LogP contribution in [0.25, 0.3) is 17.2 Å². The Bertz CT molecular complexity index is 1130. The lowest BCUT2D eigenvalue weighted by molar-refractivity contribution is -0.135. The normalized spacial score (nSPS) is 13.2. The van der Waals surface area contributed by atoms with Crippen LogP contribution in [0.2, 0.25) is 0 Å². The van der Waals surface area contributed by atoms with Gasteiger partial charge < -0.3 is 14.4 Å². The van der Waals surface area contributed by atoms with Crippen LogP contribution in [0.15, 0.2) is 59.6 Å². The number of nitrogens with zero attached hydrogens (tertiary/aromatic N) is 2. The number of ether oxygens (including phenoxy) is 1. The van der Waals surface area contributed by atoms with Crippen molar-refractivity contribution in [3.8, 4) is 16.9 Å². The molecule has 0 unspecified atom stereocenters. The number of benzene rings is 2. The second-order valence-electron chi connectivity index (χ2n) is 6.67. The van der Waals surface area contributed by atoms with Gasteiger partial charge >= 0.3 is 5.97 Å². The van der Waals surface area contributed by atoms with Gasteiger partial charge in [0.05, 0.1) is 24.6 Å². The van der Waals surface area contributed by atoms with E-state index in [1.807, 2.05) is 34.9 Å². The summed E-state index contributed by atoms with van der Waals surface area (Å²) in [6, 6.07) is 18.3. The van der Waals surface area contributed by atoms with Crippen molar-refractivity contribution in [3.63, 3.8) is 0 Å². The molecule has 5 nitrogen and oxygen atoms in total. The fourth-order valence-corrected chi connectivity index (χ4v) is 3.70. The molecular weight excluding hydrogens is 352 g/mol. The Morgan fingerprint density at radius 3 is 2.71 bits per heavy atom. The van der Waals surface area contributed by atoms with Crippen LogP contribution >= 0.6 is 0 Å². The first-order valence-electron chi connectivity index (χ1n) is 9.45. The maximum Gasteiger partial charge on any atom is 0.332 e. The van der Waals surface area contributed by atoms with Crippen LogP contribution in [0, 0.1) is 0 Å². The molecule has 2 heterocycles. The highest BCUT2D eigenvalue weighted by Crippen LogP contribution is 2.26. The maximum absolute atomic E-state index is 11.9. The highest BCUT2D eigenvalue weighted by Gasteiger charge is 2.20. The molecule has 142 valence electrons. The predicted molar refractivity (Wildman–Crippen MR) is 108 cm³/mol. The Labute approximate surface area is 163 Å². The summed E-state index contributed by atoms with van der Waals surface area (Å²) in [4.78, 5) is 16.5. The van der Waals surface area contributed by atoms with Crippen molar-refractivity contribution >= 4 is 12.0 Å². The summed E-state index contributed by atoms with van der Waals surface area (Å²) in [6.45, 7) is 3.35. The molecular formula is C23H22N2O3. The molecule has 1 N–H and O–H groups in total. The molecule has 28 heavy (non-hydrogen) atoms. The van der Waals surface area contributed by atoms with Gasteiger partial charge in [-0.1, -0.05) is 54.6 Å². The minimum absolute atomic E-state index is 0.106. The third-order valence-corrected chi connectivity index (χ3v) is 4.94. The van der Waals surface area contributed by atoms with E-state index >= 15 is 0 Å². The molecule has 1 aromatic heterocycles. The Kier molecular flexibility index (Phi) is 4.98.